The molecule has 2 aromatic rings. The first kappa shape index (κ1) is 13.5. The highest BCUT2D eigenvalue weighted by Crippen LogP contribution is 2.27. The van der Waals surface area contributed by atoms with E-state index in [0.29, 0.717) is 10.9 Å². The van der Waals surface area contributed by atoms with Gasteiger partial charge in [0.2, 0.25) is 0 Å². The number of aliphatic carboxylic acids is 1. The van der Waals surface area contributed by atoms with Gasteiger partial charge in [-0.15, -0.1) is 0 Å². The molecule has 0 spiro atoms. The lowest BCUT2D eigenvalue weighted by molar-refractivity contribution is -0.384. The normalized spacial score (nSPS) is 10.6. The van der Waals surface area contributed by atoms with Crippen LogP contribution in [-0.2, 0) is 11.2 Å². The number of aromatic carboxylic acids is 1. The molecule has 0 aliphatic carbocycles. The number of non-ortho nitro benzene ring substituents is 1. The van der Waals surface area contributed by atoms with Crippen LogP contribution >= 0.6 is 0 Å². The molecule has 20 heavy (non-hydrogen) atoms. The summed E-state index contributed by atoms with van der Waals surface area (Å²) < 4.78 is 0. The van der Waals surface area contributed by atoms with Gasteiger partial charge >= 0.3 is 11.9 Å². The first-order valence-electron chi connectivity index (χ1n) is 5.64. The van der Waals surface area contributed by atoms with E-state index in [1.54, 1.807) is 0 Å². The number of aryl methyl sites for hydroxylation is 1. The molecule has 0 radical (unpaired) electrons. The molecule has 8 heteroatoms. The van der Waals surface area contributed by atoms with Crippen molar-refractivity contribution < 1.29 is 24.7 Å². The molecule has 0 saturated carbocycles. The van der Waals surface area contributed by atoms with Gasteiger partial charge in [0, 0.05) is 29.5 Å². The van der Waals surface area contributed by atoms with E-state index in [1.165, 1.54) is 18.2 Å². The van der Waals surface area contributed by atoms with Crippen LogP contribution in [-0.4, -0.2) is 32.1 Å². The van der Waals surface area contributed by atoms with Gasteiger partial charge in [-0.2, -0.15) is 0 Å². The van der Waals surface area contributed by atoms with Crippen molar-refractivity contribution in [2.75, 3.05) is 0 Å². The zero-order chi connectivity index (χ0) is 14.9. The largest absolute Gasteiger partial charge is 0.481 e. The van der Waals surface area contributed by atoms with Gasteiger partial charge in [-0.25, -0.2) is 4.79 Å². The summed E-state index contributed by atoms with van der Waals surface area (Å²) in [6, 6.07) is 3.91. The van der Waals surface area contributed by atoms with Gasteiger partial charge in [-0.05, 0) is 18.1 Å². The predicted octanol–water partition coefficient (Wildman–Crippen LogP) is 1.79. The van der Waals surface area contributed by atoms with Crippen molar-refractivity contribution in [1.29, 1.82) is 0 Å². The number of carboxylic acids is 2. The van der Waals surface area contributed by atoms with Crippen LogP contribution in [0.4, 0.5) is 5.69 Å². The zero-order valence-corrected chi connectivity index (χ0v) is 10.1. The first-order chi connectivity index (χ1) is 9.40. The Hall–Kier alpha value is -2.90. The molecule has 104 valence electrons. The summed E-state index contributed by atoms with van der Waals surface area (Å²) >= 11 is 0. The number of nitrogens with zero attached hydrogens (tertiary/aromatic N) is 1. The van der Waals surface area contributed by atoms with E-state index in [0.717, 1.165) is 0 Å². The van der Waals surface area contributed by atoms with Crippen LogP contribution in [0, 0.1) is 10.1 Å². The van der Waals surface area contributed by atoms with E-state index in [9.17, 15) is 19.7 Å². The van der Waals surface area contributed by atoms with E-state index < -0.39 is 16.9 Å². The summed E-state index contributed by atoms with van der Waals surface area (Å²) in [7, 11) is 0. The fraction of sp³-hybridized carbons (Fsp3) is 0.167. The maximum Gasteiger partial charge on any atom is 0.352 e. The Bertz CT molecular complexity index is 718. The average molecular weight is 278 g/mol. The number of nitro groups is 1. The second-order valence-electron chi connectivity index (χ2n) is 4.16. The third kappa shape index (κ3) is 2.44. The monoisotopic (exact) mass is 278 g/mol. The number of H-pyrrole nitrogens is 1. The standard InChI is InChI=1S/C12H10N2O6/c15-10(16)4-2-7-8-5-6(14(19)20)1-3-9(8)13-11(7)12(17)18/h1,3,5,13H,2,4H2,(H,15,16)(H,17,18). The Morgan fingerprint density at radius 2 is 2.00 bits per heavy atom. The number of aromatic nitrogens is 1. The van der Waals surface area contributed by atoms with Crippen LogP contribution in [0.3, 0.4) is 0 Å². The Morgan fingerprint density at radius 1 is 1.30 bits per heavy atom. The van der Waals surface area contributed by atoms with Crippen molar-refractivity contribution in [2.45, 2.75) is 12.8 Å². The highest BCUT2D eigenvalue weighted by Gasteiger charge is 2.19. The summed E-state index contributed by atoms with van der Waals surface area (Å²) in [5, 5.41) is 28.9. The molecule has 3 N–H and O–H groups in total. The van der Waals surface area contributed by atoms with E-state index >= 15 is 0 Å². The van der Waals surface area contributed by atoms with E-state index in [2.05, 4.69) is 4.98 Å². The molecule has 1 aromatic carbocycles. The Morgan fingerprint density at radius 3 is 2.55 bits per heavy atom. The third-order valence-corrected chi connectivity index (χ3v) is 2.90. The number of nitrogens with one attached hydrogen (secondary N) is 1. The van der Waals surface area contributed by atoms with Crippen LogP contribution in [0.2, 0.25) is 0 Å². The summed E-state index contributed by atoms with van der Waals surface area (Å²) in [5.74, 6) is -2.30. The van der Waals surface area contributed by atoms with Crippen molar-refractivity contribution in [3.63, 3.8) is 0 Å². The first-order valence-corrected chi connectivity index (χ1v) is 5.64. The van der Waals surface area contributed by atoms with Crippen molar-refractivity contribution in [3.05, 3.63) is 39.6 Å². The highest BCUT2D eigenvalue weighted by atomic mass is 16.6. The number of nitro benzene ring substituents is 1. The second kappa shape index (κ2) is 5.00. The molecular formula is C12H10N2O6. The van der Waals surface area contributed by atoms with E-state index in [4.69, 9.17) is 10.2 Å². The molecule has 8 nitrogen and oxygen atoms in total. The number of carbonyl (C=O) groups is 2. The smallest absolute Gasteiger partial charge is 0.352 e. The van der Waals surface area contributed by atoms with Crippen LogP contribution in [0.5, 0.6) is 0 Å². The van der Waals surface area contributed by atoms with Gasteiger partial charge in [-0.1, -0.05) is 0 Å². The number of hydrogen-bond donors (Lipinski definition) is 3. The SMILES string of the molecule is O=C(O)CCc1c(C(=O)O)[nH]c2ccc([N+](=O)[O-])cc12. The van der Waals surface area contributed by atoms with Crippen LogP contribution in [0.1, 0.15) is 22.5 Å². The van der Waals surface area contributed by atoms with Gasteiger partial charge in [0.25, 0.3) is 5.69 Å². The van der Waals surface area contributed by atoms with Crippen molar-refractivity contribution in [2.24, 2.45) is 0 Å². The summed E-state index contributed by atoms with van der Waals surface area (Å²) in [6.45, 7) is 0. The molecule has 0 aliphatic rings. The van der Waals surface area contributed by atoms with Crippen molar-refractivity contribution >= 4 is 28.5 Å². The van der Waals surface area contributed by atoms with Crippen LogP contribution in [0.15, 0.2) is 18.2 Å². The molecule has 1 heterocycles. The van der Waals surface area contributed by atoms with E-state index in [-0.39, 0.29) is 29.8 Å². The minimum absolute atomic E-state index is 0.0157. The lowest BCUT2D eigenvalue weighted by atomic mass is 10.0. The van der Waals surface area contributed by atoms with Gasteiger partial charge in [0.1, 0.15) is 5.69 Å². The topological polar surface area (TPSA) is 134 Å². The lowest BCUT2D eigenvalue weighted by Crippen LogP contribution is -2.04. The molecule has 0 amide bonds. The fourth-order valence-electron chi connectivity index (χ4n) is 2.02. The van der Waals surface area contributed by atoms with Gasteiger partial charge in [0.15, 0.2) is 0 Å². The summed E-state index contributed by atoms with van der Waals surface area (Å²) in [6.07, 6.45) is -0.270. The van der Waals surface area contributed by atoms with Gasteiger partial charge < -0.3 is 15.2 Å². The number of aromatic amines is 1. The zero-order valence-electron chi connectivity index (χ0n) is 10.1. The Balaban J connectivity index is 2.60. The molecule has 0 unspecified atom stereocenters. The molecule has 2 rings (SSSR count). The fourth-order valence-corrected chi connectivity index (χ4v) is 2.02. The van der Waals surface area contributed by atoms with E-state index in [1.807, 2.05) is 0 Å². The number of fused-ring (bicyclic) bond motifs is 1. The molecular weight excluding hydrogens is 268 g/mol. The number of hydrogen-bond acceptors (Lipinski definition) is 4. The third-order valence-electron chi connectivity index (χ3n) is 2.90. The number of rotatable bonds is 5. The molecule has 0 fully saturated rings. The molecule has 0 atom stereocenters. The quantitative estimate of drug-likeness (QED) is 0.564. The Labute approximate surface area is 111 Å². The summed E-state index contributed by atoms with van der Waals surface area (Å²) in [4.78, 5) is 34.6. The number of carboxylic acid groups (broad SMARTS) is 2. The highest BCUT2D eigenvalue weighted by molar-refractivity contribution is 5.98. The average Bonchev–Trinajstić information content (AvgIpc) is 2.73. The maximum atomic E-state index is 11.1. The minimum Gasteiger partial charge on any atom is -0.481 e. The van der Waals surface area contributed by atoms with Crippen molar-refractivity contribution in [1.82, 2.24) is 4.98 Å². The van der Waals surface area contributed by atoms with Crippen LogP contribution < -0.4 is 0 Å². The molecule has 1 aromatic heterocycles. The molecule has 0 bridgehead atoms. The minimum atomic E-state index is -1.23. The van der Waals surface area contributed by atoms with Gasteiger partial charge in [0.05, 0.1) is 4.92 Å². The van der Waals surface area contributed by atoms with Crippen molar-refractivity contribution in [3.8, 4) is 0 Å². The predicted molar refractivity (Wildman–Crippen MR) is 67.9 cm³/mol. The lowest BCUT2D eigenvalue weighted by Gasteiger charge is -1.99. The molecule has 0 aliphatic heterocycles. The Kier molecular flexibility index (Phi) is 3.38. The maximum absolute atomic E-state index is 11.1. The summed E-state index contributed by atoms with van der Waals surface area (Å²) in [5.41, 5.74) is 0.374. The van der Waals surface area contributed by atoms with Gasteiger partial charge in [-0.3, -0.25) is 14.9 Å². The number of benzene rings is 1. The second-order valence-corrected chi connectivity index (χ2v) is 4.16. The van der Waals surface area contributed by atoms with Crippen LogP contribution in [0.25, 0.3) is 10.9 Å². The molecule has 0 saturated heterocycles.